The summed E-state index contributed by atoms with van der Waals surface area (Å²) in [5, 5.41) is 0. The smallest absolute Gasteiger partial charge is 0.462 e. The highest BCUT2D eigenvalue weighted by Gasteiger charge is 2.26. The molecule has 0 aliphatic heterocycles. The first-order chi connectivity index (χ1) is 26.8. The minimum atomic E-state index is -4.39. The highest BCUT2D eigenvalue weighted by atomic mass is 31.2. The van der Waals surface area contributed by atoms with Crippen molar-refractivity contribution >= 4 is 19.8 Å². The van der Waals surface area contributed by atoms with Gasteiger partial charge in [0.25, 0.3) is 0 Å². The molecule has 9 nitrogen and oxygen atoms in total. The summed E-state index contributed by atoms with van der Waals surface area (Å²) in [6.45, 7) is 3.58. The van der Waals surface area contributed by atoms with Crippen molar-refractivity contribution in [2.45, 2.75) is 200 Å². The molecule has 2 atom stereocenters. The lowest BCUT2D eigenvalue weighted by atomic mass is 10.0. The summed E-state index contributed by atoms with van der Waals surface area (Å²) in [6.07, 6.45) is 47.2. The van der Waals surface area contributed by atoms with Crippen molar-refractivity contribution in [3.63, 3.8) is 0 Å². The Morgan fingerprint density at radius 3 is 1.49 bits per heavy atom. The van der Waals surface area contributed by atoms with Gasteiger partial charge in [-0.2, -0.15) is 0 Å². The Morgan fingerprint density at radius 2 is 1.00 bits per heavy atom. The lowest BCUT2D eigenvalue weighted by Gasteiger charge is -2.19. The number of allylic oxidation sites excluding steroid dienone is 8. The summed E-state index contributed by atoms with van der Waals surface area (Å²) in [7, 11) is -4.39. The number of unbranched alkanes of at least 4 members (excludes halogenated alkanes) is 20. The molecule has 0 spiro atoms. The second kappa shape index (κ2) is 41.6. The van der Waals surface area contributed by atoms with Crippen LogP contribution in [0.2, 0.25) is 0 Å². The molecular formula is C45H82NO8P. The Morgan fingerprint density at radius 1 is 0.564 bits per heavy atom. The van der Waals surface area contributed by atoms with E-state index in [2.05, 4.69) is 62.5 Å². The van der Waals surface area contributed by atoms with Crippen molar-refractivity contribution in [1.29, 1.82) is 0 Å². The molecular weight excluding hydrogens is 713 g/mol. The summed E-state index contributed by atoms with van der Waals surface area (Å²) in [5.74, 6) is -0.873. The van der Waals surface area contributed by atoms with Gasteiger partial charge in [0.05, 0.1) is 13.2 Å². The molecule has 0 aliphatic carbocycles. The predicted molar refractivity (Wildman–Crippen MR) is 229 cm³/mol. The molecule has 3 N–H and O–H groups in total. The molecule has 0 aromatic carbocycles. The fourth-order valence-corrected chi connectivity index (χ4v) is 6.74. The zero-order chi connectivity index (χ0) is 40.3. The molecule has 10 heteroatoms. The van der Waals surface area contributed by atoms with E-state index in [1.807, 2.05) is 0 Å². The van der Waals surface area contributed by atoms with Gasteiger partial charge in [-0.3, -0.25) is 18.6 Å². The van der Waals surface area contributed by atoms with E-state index >= 15 is 0 Å². The van der Waals surface area contributed by atoms with Crippen molar-refractivity contribution in [1.82, 2.24) is 0 Å². The Kier molecular flexibility index (Phi) is 40.1. The van der Waals surface area contributed by atoms with Crippen LogP contribution in [0.25, 0.3) is 0 Å². The van der Waals surface area contributed by atoms with Crippen molar-refractivity contribution in [2.75, 3.05) is 26.4 Å². The number of carbonyl (C=O) groups excluding carboxylic acids is 2. The summed E-state index contributed by atoms with van der Waals surface area (Å²) >= 11 is 0. The Bertz CT molecular complexity index is 1040. The number of rotatable bonds is 41. The van der Waals surface area contributed by atoms with Gasteiger partial charge in [-0.1, -0.05) is 178 Å². The number of nitrogens with two attached hydrogens (primary N) is 1. The Labute approximate surface area is 336 Å². The maximum atomic E-state index is 12.6. The van der Waals surface area contributed by atoms with E-state index in [9.17, 15) is 19.0 Å². The van der Waals surface area contributed by atoms with Crippen LogP contribution in [-0.2, 0) is 32.7 Å². The molecule has 0 amide bonds. The van der Waals surface area contributed by atoms with Crippen LogP contribution in [0.1, 0.15) is 194 Å². The minimum absolute atomic E-state index is 0.0473. The fourth-order valence-electron chi connectivity index (χ4n) is 5.98. The van der Waals surface area contributed by atoms with Gasteiger partial charge in [-0.25, -0.2) is 4.57 Å². The molecule has 0 aromatic heterocycles. The minimum Gasteiger partial charge on any atom is -0.462 e. The van der Waals surface area contributed by atoms with Crippen molar-refractivity contribution < 1.29 is 37.6 Å². The van der Waals surface area contributed by atoms with E-state index in [1.165, 1.54) is 96.3 Å². The van der Waals surface area contributed by atoms with Gasteiger partial charge >= 0.3 is 19.8 Å². The van der Waals surface area contributed by atoms with Crippen LogP contribution in [0.4, 0.5) is 0 Å². The first-order valence-corrected chi connectivity index (χ1v) is 23.6. The lowest BCUT2D eigenvalue weighted by molar-refractivity contribution is -0.161. The highest BCUT2D eigenvalue weighted by molar-refractivity contribution is 7.47. The highest BCUT2D eigenvalue weighted by Crippen LogP contribution is 2.43. The normalized spacial score (nSPS) is 13.7. The molecule has 0 rings (SSSR count). The molecule has 320 valence electrons. The van der Waals surface area contributed by atoms with Gasteiger partial charge in [0, 0.05) is 19.4 Å². The number of hydrogen-bond donors (Lipinski definition) is 2. The molecule has 1 unspecified atom stereocenters. The van der Waals surface area contributed by atoms with Crippen LogP contribution in [0.5, 0.6) is 0 Å². The molecule has 0 saturated heterocycles. The lowest BCUT2D eigenvalue weighted by Crippen LogP contribution is -2.29. The third-order valence-electron chi connectivity index (χ3n) is 9.23. The number of phosphoric ester groups is 1. The van der Waals surface area contributed by atoms with E-state index in [4.69, 9.17) is 24.3 Å². The predicted octanol–water partition coefficient (Wildman–Crippen LogP) is 12.7. The Balaban J connectivity index is 4.16. The number of carbonyl (C=O) groups is 2. The monoisotopic (exact) mass is 796 g/mol. The van der Waals surface area contributed by atoms with Crippen LogP contribution in [0.3, 0.4) is 0 Å². The second-order valence-corrected chi connectivity index (χ2v) is 16.0. The molecule has 0 radical (unpaired) electrons. The number of phosphoric acid groups is 1. The SMILES string of the molecule is CC/C=C\C/C=C\C/C=C\C/C=C\CCCCC(=O)OC[C@H](COP(=O)(O)OCCN)OC(=O)CCCCCCCCCCCCCCCCCCCCC. The Hall–Kier alpha value is -2.03. The number of hydrogen-bond acceptors (Lipinski definition) is 8. The fraction of sp³-hybridized carbons (Fsp3) is 0.778. The first kappa shape index (κ1) is 53.0. The van der Waals surface area contributed by atoms with Crippen molar-refractivity contribution in [2.24, 2.45) is 5.73 Å². The third kappa shape index (κ3) is 41.4. The van der Waals surface area contributed by atoms with Gasteiger partial charge in [0.1, 0.15) is 6.61 Å². The maximum absolute atomic E-state index is 12.6. The largest absolute Gasteiger partial charge is 0.472 e. The molecule has 55 heavy (non-hydrogen) atoms. The molecule has 0 saturated carbocycles. The zero-order valence-electron chi connectivity index (χ0n) is 35.2. The summed E-state index contributed by atoms with van der Waals surface area (Å²) in [5.41, 5.74) is 5.35. The summed E-state index contributed by atoms with van der Waals surface area (Å²) in [6, 6.07) is 0. The van der Waals surface area contributed by atoms with Gasteiger partial charge in [0.15, 0.2) is 6.10 Å². The van der Waals surface area contributed by atoms with Gasteiger partial charge < -0.3 is 20.1 Å². The van der Waals surface area contributed by atoms with Crippen LogP contribution < -0.4 is 5.73 Å². The summed E-state index contributed by atoms with van der Waals surface area (Å²) < 4.78 is 32.7. The maximum Gasteiger partial charge on any atom is 0.472 e. The van der Waals surface area contributed by atoms with E-state index in [-0.39, 0.29) is 32.6 Å². The van der Waals surface area contributed by atoms with Gasteiger partial charge in [-0.05, 0) is 51.4 Å². The molecule has 0 aliphatic rings. The van der Waals surface area contributed by atoms with Crippen LogP contribution in [0.15, 0.2) is 48.6 Å². The van der Waals surface area contributed by atoms with E-state index in [0.717, 1.165) is 57.8 Å². The van der Waals surface area contributed by atoms with E-state index < -0.39 is 32.5 Å². The van der Waals surface area contributed by atoms with Crippen molar-refractivity contribution in [3.8, 4) is 0 Å². The summed E-state index contributed by atoms with van der Waals surface area (Å²) in [4.78, 5) is 34.9. The van der Waals surface area contributed by atoms with Crippen LogP contribution in [-0.4, -0.2) is 49.3 Å². The van der Waals surface area contributed by atoms with Gasteiger partial charge in [0.2, 0.25) is 0 Å². The quantitative estimate of drug-likeness (QED) is 0.0268. The van der Waals surface area contributed by atoms with Gasteiger partial charge in [-0.15, -0.1) is 0 Å². The van der Waals surface area contributed by atoms with E-state index in [1.54, 1.807) is 0 Å². The average molecular weight is 796 g/mol. The first-order valence-electron chi connectivity index (χ1n) is 22.1. The standard InChI is InChI=1S/C45H82NO8P/c1-3-5-7-9-11-13-15-17-19-20-21-22-24-26-28-30-32-34-36-38-45(48)54-43(42-53-55(49,50)52-40-39-46)41-51-44(47)37-35-33-31-29-27-25-23-18-16-14-12-10-8-6-4-2/h6,8,12,14,18,23,27,29,43H,3-5,7,9-11,13,15-17,19-22,24-26,28,30-42,46H2,1-2H3,(H,49,50)/b8-6-,14-12-,23-18-,29-27-/t43-/m1/s1. The molecule has 0 aromatic rings. The third-order valence-corrected chi connectivity index (χ3v) is 10.2. The zero-order valence-corrected chi connectivity index (χ0v) is 36.0. The van der Waals surface area contributed by atoms with Crippen molar-refractivity contribution in [3.05, 3.63) is 48.6 Å². The van der Waals surface area contributed by atoms with Crippen LogP contribution in [0, 0.1) is 0 Å². The molecule has 0 fully saturated rings. The molecule has 0 bridgehead atoms. The van der Waals surface area contributed by atoms with Crippen LogP contribution >= 0.6 is 7.82 Å². The second-order valence-electron chi connectivity index (χ2n) is 14.5. The number of ether oxygens (including phenoxy) is 2. The van der Waals surface area contributed by atoms with E-state index in [0.29, 0.717) is 12.8 Å². The molecule has 0 heterocycles. The average Bonchev–Trinajstić information content (AvgIpc) is 3.17. The topological polar surface area (TPSA) is 134 Å². The number of esters is 2.